The van der Waals surface area contributed by atoms with Gasteiger partial charge in [-0.15, -0.1) is 0 Å². The summed E-state index contributed by atoms with van der Waals surface area (Å²) in [6.45, 7) is 5.92. The Morgan fingerprint density at radius 1 is 1.69 bits per heavy atom. The molecule has 0 bridgehead atoms. The van der Waals surface area contributed by atoms with Crippen molar-refractivity contribution in [2.24, 2.45) is 5.92 Å². The predicted octanol–water partition coefficient (Wildman–Crippen LogP) is 1.95. The van der Waals surface area contributed by atoms with Crippen LogP contribution in [0.15, 0.2) is 0 Å². The lowest BCUT2D eigenvalue weighted by atomic mass is 9.95. The summed E-state index contributed by atoms with van der Waals surface area (Å²) in [7, 11) is 0. The molecule has 0 aromatic carbocycles. The van der Waals surface area contributed by atoms with Crippen LogP contribution in [0.5, 0.6) is 0 Å². The van der Waals surface area contributed by atoms with Crippen LogP contribution in [0, 0.1) is 5.92 Å². The van der Waals surface area contributed by atoms with Crippen molar-refractivity contribution in [3.8, 4) is 0 Å². The molecule has 1 rings (SSSR count). The van der Waals surface area contributed by atoms with Crippen molar-refractivity contribution < 1.29 is 4.79 Å². The second-order valence-electron chi connectivity index (χ2n) is 3.88. The average molecular weight is 201 g/mol. The van der Waals surface area contributed by atoms with E-state index in [1.54, 1.807) is 0 Å². The maximum atomic E-state index is 11.6. The van der Waals surface area contributed by atoms with Crippen molar-refractivity contribution in [1.29, 1.82) is 0 Å². The van der Waals surface area contributed by atoms with Crippen LogP contribution in [0.25, 0.3) is 0 Å². The van der Waals surface area contributed by atoms with E-state index in [0.29, 0.717) is 5.92 Å². The van der Waals surface area contributed by atoms with E-state index in [1.165, 1.54) is 12.8 Å². The molecule has 0 radical (unpaired) electrons. The maximum Gasteiger partial charge on any atom is 0.235 e. The Balaban J connectivity index is 2.46. The minimum Gasteiger partial charge on any atom is -0.341 e. The fraction of sp³-hybridized carbons (Fsp3) is 0.900. The van der Waals surface area contributed by atoms with Crippen LogP contribution in [0.3, 0.4) is 0 Å². The monoisotopic (exact) mass is 201 g/mol. The van der Waals surface area contributed by atoms with Crippen LogP contribution in [0.4, 0.5) is 0 Å². The molecule has 0 N–H and O–H groups in total. The van der Waals surface area contributed by atoms with E-state index in [2.05, 4.69) is 19.6 Å². The fourth-order valence-electron chi connectivity index (χ4n) is 1.86. The molecule has 1 heterocycles. The Morgan fingerprint density at radius 2 is 2.38 bits per heavy atom. The number of piperidine rings is 1. The highest BCUT2D eigenvalue weighted by atomic mass is 32.1. The SMILES string of the molecule is CCC1CCCN(C(=O)C(C)S)C1. The van der Waals surface area contributed by atoms with Crippen molar-refractivity contribution in [1.82, 2.24) is 4.90 Å². The Morgan fingerprint density at radius 3 is 2.92 bits per heavy atom. The number of hydrogen-bond acceptors (Lipinski definition) is 2. The van der Waals surface area contributed by atoms with Gasteiger partial charge in [-0.2, -0.15) is 12.6 Å². The van der Waals surface area contributed by atoms with Gasteiger partial charge >= 0.3 is 0 Å². The summed E-state index contributed by atoms with van der Waals surface area (Å²) >= 11 is 4.17. The van der Waals surface area contributed by atoms with E-state index >= 15 is 0 Å². The molecule has 0 aliphatic carbocycles. The van der Waals surface area contributed by atoms with Crippen LogP contribution >= 0.6 is 12.6 Å². The van der Waals surface area contributed by atoms with Gasteiger partial charge in [-0.1, -0.05) is 13.3 Å². The van der Waals surface area contributed by atoms with Gasteiger partial charge in [0, 0.05) is 13.1 Å². The summed E-state index contributed by atoms with van der Waals surface area (Å²) in [6.07, 6.45) is 3.62. The average Bonchev–Trinajstić information content (AvgIpc) is 2.16. The second kappa shape index (κ2) is 4.89. The fourth-order valence-corrected chi connectivity index (χ4v) is 2.03. The minimum absolute atomic E-state index is 0.143. The zero-order chi connectivity index (χ0) is 9.84. The number of hydrogen-bond donors (Lipinski definition) is 1. The van der Waals surface area contributed by atoms with Crippen molar-refractivity contribution in [2.75, 3.05) is 13.1 Å². The molecule has 2 nitrogen and oxygen atoms in total. The van der Waals surface area contributed by atoms with E-state index in [9.17, 15) is 4.79 Å². The molecule has 0 aromatic rings. The molecule has 0 aromatic heterocycles. The molecule has 0 spiro atoms. The summed E-state index contributed by atoms with van der Waals surface area (Å²) in [4.78, 5) is 13.6. The molecule has 1 fully saturated rings. The lowest BCUT2D eigenvalue weighted by Gasteiger charge is -2.33. The van der Waals surface area contributed by atoms with Gasteiger partial charge in [-0.3, -0.25) is 4.79 Å². The van der Waals surface area contributed by atoms with Gasteiger partial charge in [0.2, 0.25) is 5.91 Å². The van der Waals surface area contributed by atoms with E-state index in [1.807, 2.05) is 11.8 Å². The highest BCUT2D eigenvalue weighted by molar-refractivity contribution is 7.81. The molecule has 13 heavy (non-hydrogen) atoms. The third-order valence-corrected chi connectivity index (χ3v) is 2.99. The number of rotatable bonds is 2. The van der Waals surface area contributed by atoms with Gasteiger partial charge in [0.15, 0.2) is 0 Å². The molecule has 1 amide bonds. The summed E-state index contributed by atoms with van der Waals surface area (Å²) < 4.78 is 0. The third-order valence-electron chi connectivity index (χ3n) is 2.77. The van der Waals surface area contributed by atoms with E-state index in [-0.39, 0.29) is 11.2 Å². The van der Waals surface area contributed by atoms with Gasteiger partial charge in [0.1, 0.15) is 0 Å². The maximum absolute atomic E-state index is 11.6. The first-order valence-electron chi connectivity index (χ1n) is 5.12. The van der Waals surface area contributed by atoms with Gasteiger partial charge in [-0.05, 0) is 25.7 Å². The molecule has 2 atom stereocenters. The molecule has 2 unspecified atom stereocenters. The topological polar surface area (TPSA) is 20.3 Å². The Kier molecular flexibility index (Phi) is 4.10. The van der Waals surface area contributed by atoms with E-state index < -0.39 is 0 Å². The van der Waals surface area contributed by atoms with Gasteiger partial charge in [0.05, 0.1) is 5.25 Å². The summed E-state index contributed by atoms with van der Waals surface area (Å²) in [5.41, 5.74) is 0. The smallest absolute Gasteiger partial charge is 0.235 e. The van der Waals surface area contributed by atoms with Crippen molar-refractivity contribution >= 4 is 18.5 Å². The largest absolute Gasteiger partial charge is 0.341 e. The highest BCUT2D eigenvalue weighted by Crippen LogP contribution is 2.20. The van der Waals surface area contributed by atoms with E-state index in [0.717, 1.165) is 19.5 Å². The van der Waals surface area contributed by atoms with Crippen LogP contribution in [-0.4, -0.2) is 29.1 Å². The summed E-state index contributed by atoms with van der Waals surface area (Å²) in [6, 6.07) is 0. The second-order valence-corrected chi connectivity index (χ2v) is 4.65. The van der Waals surface area contributed by atoms with Crippen LogP contribution in [0.1, 0.15) is 33.1 Å². The predicted molar refractivity (Wildman–Crippen MR) is 58.0 cm³/mol. The van der Waals surface area contributed by atoms with Gasteiger partial charge in [-0.25, -0.2) is 0 Å². The standard InChI is InChI=1S/C10H19NOS/c1-3-9-5-4-6-11(7-9)10(12)8(2)13/h8-9,13H,3-7H2,1-2H3. The van der Waals surface area contributed by atoms with Crippen molar-refractivity contribution in [2.45, 2.75) is 38.4 Å². The Labute approximate surface area is 86.1 Å². The zero-order valence-corrected chi connectivity index (χ0v) is 9.39. The Bertz CT molecular complexity index is 182. The zero-order valence-electron chi connectivity index (χ0n) is 8.49. The highest BCUT2D eigenvalue weighted by Gasteiger charge is 2.24. The van der Waals surface area contributed by atoms with Gasteiger partial charge in [0.25, 0.3) is 0 Å². The number of thiol groups is 1. The molecule has 3 heteroatoms. The first-order chi connectivity index (χ1) is 6.15. The summed E-state index contributed by atoms with van der Waals surface area (Å²) in [5, 5.41) is -0.143. The molecular weight excluding hydrogens is 182 g/mol. The minimum atomic E-state index is -0.143. The number of nitrogens with zero attached hydrogens (tertiary/aromatic N) is 1. The number of carbonyl (C=O) groups is 1. The number of amides is 1. The first kappa shape index (κ1) is 10.9. The van der Waals surface area contributed by atoms with Crippen LogP contribution in [-0.2, 0) is 4.79 Å². The number of carbonyl (C=O) groups excluding carboxylic acids is 1. The molecular formula is C10H19NOS. The molecule has 76 valence electrons. The lowest BCUT2D eigenvalue weighted by Crippen LogP contribution is -2.42. The van der Waals surface area contributed by atoms with Crippen molar-refractivity contribution in [3.63, 3.8) is 0 Å². The molecule has 1 aliphatic heterocycles. The quantitative estimate of drug-likeness (QED) is 0.677. The molecule has 1 saturated heterocycles. The molecule has 1 aliphatic rings. The van der Waals surface area contributed by atoms with Crippen LogP contribution in [0.2, 0.25) is 0 Å². The van der Waals surface area contributed by atoms with Crippen LogP contribution < -0.4 is 0 Å². The van der Waals surface area contributed by atoms with Crippen molar-refractivity contribution in [3.05, 3.63) is 0 Å². The Hall–Kier alpha value is -0.180. The van der Waals surface area contributed by atoms with Gasteiger partial charge < -0.3 is 4.90 Å². The van der Waals surface area contributed by atoms with E-state index in [4.69, 9.17) is 0 Å². The normalized spacial score (nSPS) is 25.8. The number of likely N-dealkylation sites (tertiary alicyclic amines) is 1. The molecule has 0 saturated carbocycles. The summed E-state index contributed by atoms with van der Waals surface area (Å²) in [5.74, 6) is 0.909. The lowest BCUT2D eigenvalue weighted by molar-refractivity contribution is -0.132. The third kappa shape index (κ3) is 2.90. The first-order valence-corrected chi connectivity index (χ1v) is 5.63.